The monoisotopic (exact) mass is 444 g/mol. The van der Waals surface area contributed by atoms with Crippen molar-refractivity contribution in [1.82, 2.24) is 4.90 Å². The van der Waals surface area contributed by atoms with Gasteiger partial charge in [0.25, 0.3) is 11.8 Å². The number of nitrogens with zero attached hydrogens (tertiary/aromatic N) is 1. The highest BCUT2D eigenvalue weighted by Gasteiger charge is 2.41. The highest BCUT2D eigenvalue weighted by atomic mass is 16.6. The number of fused-ring (bicyclic) bond motifs is 1. The van der Waals surface area contributed by atoms with Gasteiger partial charge in [0.15, 0.2) is 11.5 Å². The first-order chi connectivity index (χ1) is 15.9. The third-order valence-electron chi connectivity index (χ3n) is 5.32. The van der Waals surface area contributed by atoms with Gasteiger partial charge in [-0.15, -0.1) is 0 Å². The Labute approximate surface area is 189 Å². The smallest absolute Gasteiger partial charge is 0.343 e. The van der Waals surface area contributed by atoms with E-state index in [4.69, 9.17) is 15.2 Å². The van der Waals surface area contributed by atoms with Crippen molar-refractivity contribution in [3.8, 4) is 11.5 Å². The van der Waals surface area contributed by atoms with Crippen LogP contribution in [0, 0.1) is 0 Å². The molecule has 0 aromatic heterocycles. The maximum atomic E-state index is 13.0. The SMILES string of the molecule is COc1cc(C(CC(N)=O)N2C(=O)c3ccccc3C2=O)ccc1OC(=O)c1ccccc1. The van der Waals surface area contributed by atoms with Crippen LogP contribution in [0.25, 0.3) is 0 Å². The summed E-state index contributed by atoms with van der Waals surface area (Å²) < 4.78 is 10.8. The Morgan fingerprint density at radius 2 is 1.48 bits per heavy atom. The van der Waals surface area contributed by atoms with Gasteiger partial charge in [-0.2, -0.15) is 0 Å². The largest absolute Gasteiger partial charge is 0.493 e. The number of methoxy groups -OCH3 is 1. The van der Waals surface area contributed by atoms with E-state index in [0.29, 0.717) is 11.1 Å². The second kappa shape index (κ2) is 8.96. The number of benzene rings is 3. The van der Waals surface area contributed by atoms with Crippen LogP contribution in [0.15, 0.2) is 72.8 Å². The average molecular weight is 444 g/mol. The summed E-state index contributed by atoms with van der Waals surface area (Å²) in [6.07, 6.45) is -0.280. The zero-order valence-electron chi connectivity index (χ0n) is 17.7. The van der Waals surface area contributed by atoms with E-state index < -0.39 is 29.7 Å². The number of hydrogen-bond acceptors (Lipinski definition) is 6. The lowest BCUT2D eigenvalue weighted by atomic mass is 10.0. The summed E-state index contributed by atoms with van der Waals surface area (Å²) in [6, 6.07) is 18.5. The van der Waals surface area contributed by atoms with Gasteiger partial charge in [-0.1, -0.05) is 36.4 Å². The third-order valence-corrected chi connectivity index (χ3v) is 5.32. The number of amides is 3. The van der Waals surface area contributed by atoms with Gasteiger partial charge in [0.1, 0.15) is 0 Å². The Bertz CT molecular complexity index is 1220. The zero-order chi connectivity index (χ0) is 23.5. The summed E-state index contributed by atoms with van der Waals surface area (Å²) >= 11 is 0. The van der Waals surface area contributed by atoms with Crippen LogP contribution in [0.1, 0.15) is 49.1 Å². The van der Waals surface area contributed by atoms with Crippen LogP contribution >= 0.6 is 0 Å². The Kier molecular flexibility index (Phi) is 5.91. The first-order valence-corrected chi connectivity index (χ1v) is 10.1. The maximum absolute atomic E-state index is 13.0. The average Bonchev–Trinajstić information content (AvgIpc) is 3.08. The van der Waals surface area contributed by atoms with Gasteiger partial charge in [0, 0.05) is 0 Å². The number of primary amides is 1. The predicted molar refractivity (Wildman–Crippen MR) is 118 cm³/mol. The van der Waals surface area contributed by atoms with Crippen molar-refractivity contribution < 1.29 is 28.7 Å². The van der Waals surface area contributed by atoms with Crippen LogP contribution in [-0.2, 0) is 4.79 Å². The van der Waals surface area contributed by atoms with Crippen molar-refractivity contribution in [3.05, 3.63) is 95.1 Å². The minimum absolute atomic E-state index is 0.148. The van der Waals surface area contributed by atoms with E-state index in [1.807, 2.05) is 0 Å². The molecule has 1 atom stereocenters. The van der Waals surface area contributed by atoms with Crippen molar-refractivity contribution in [2.75, 3.05) is 7.11 Å². The van der Waals surface area contributed by atoms with E-state index in [9.17, 15) is 19.2 Å². The summed E-state index contributed by atoms with van der Waals surface area (Å²) in [5.74, 6) is -1.94. The molecule has 0 bridgehead atoms. The van der Waals surface area contributed by atoms with Crippen molar-refractivity contribution >= 4 is 23.7 Å². The summed E-state index contributed by atoms with van der Waals surface area (Å²) in [5, 5.41) is 0. The second-order valence-corrected chi connectivity index (χ2v) is 7.38. The molecule has 1 aliphatic rings. The van der Waals surface area contributed by atoms with Gasteiger partial charge in [-0.25, -0.2) is 4.79 Å². The number of carbonyl (C=O) groups excluding carboxylic acids is 4. The number of rotatable bonds is 7. The summed E-state index contributed by atoms with van der Waals surface area (Å²) in [6.45, 7) is 0. The molecule has 166 valence electrons. The number of nitrogens with two attached hydrogens (primary N) is 1. The van der Waals surface area contributed by atoms with Gasteiger partial charge in [0.05, 0.1) is 36.3 Å². The van der Waals surface area contributed by atoms with Crippen molar-refractivity contribution in [1.29, 1.82) is 0 Å². The molecule has 0 fully saturated rings. The van der Waals surface area contributed by atoms with Gasteiger partial charge in [0.2, 0.25) is 5.91 Å². The molecule has 3 aromatic rings. The third kappa shape index (κ3) is 4.18. The molecular formula is C25H20N2O6. The lowest BCUT2D eigenvalue weighted by molar-refractivity contribution is -0.118. The van der Waals surface area contributed by atoms with E-state index in [-0.39, 0.29) is 29.0 Å². The van der Waals surface area contributed by atoms with Gasteiger partial charge >= 0.3 is 5.97 Å². The predicted octanol–water partition coefficient (Wildman–Crippen LogP) is 3.13. The Hall–Kier alpha value is -4.46. The molecule has 33 heavy (non-hydrogen) atoms. The minimum Gasteiger partial charge on any atom is -0.493 e. The van der Waals surface area contributed by atoms with Crippen LogP contribution in [0.5, 0.6) is 11.5 Å². The van der Waals surface area contributed by atoms with Crippen molar-refractivity contribution in [2.45, 2.75) is 12.5 Å². The summed E-state index contributed by atoms with van der Waals surface area (Å²) in [4.78, 5) is 51.2. The quantitative estimate of drug-likeness (QED) is 0.340. The first kappa shape index (κ1) is 21.8. The topological polar surface area (TPSA) is 116 Å². The first-order valence-electron chi connectivity index (χ1n) is 10.1. The summed E-state index contributed by atoms with van der Waals surface area (Å²) in [7, 11) is 1.39. The van der Waals surface area contributed by atoms with E-state index in [0.717, 1.165) is 4.90 Å². The zero-order valence-corrected chi connectivity index (χ0v) is 17.7. The van der Waals surface area contributed by atoms with Crippen molar-refractivity contribution in [3.63, 3.8) is 0 Å². The number of imide groups is 1. The molecular weight excluding hydrogens is 424 g/mol. The molecule has 0 radical (unpaired) electrons. The molecule has 0 saturated heterocycles. The van der Waals surface area contributed by atoms with E-state index in [2.05, 4.69) is 0 Å². The number of esters is 1. The molecule has 0 aliphatic carbocycles. The van der Waals surface area contributed by atoms with Crippen LogP contribution in [0.3, 0.4) is 0 Å². The lowest BCUT2D eigenvalue weighted by Crippen LogP contribution is -2.36. The molecule has 3 amide bonds. The molecule has 8 heteroatoms. The number of carbonyl (C=O) groups is 4. The minimum atomic E-state index is -0.956. The lowest BCUT2D eigenvalue weighted by Gasteiger charge is -2.26. The molecule has 8 nitrogen and oxygen atoms in total. The van der Waals surface area contributed by atoms with E-state index >= 15 is 0 Å². The highest BCUT2D eigenvalue weighted by Crippen LogP contribution is 2.37. The molecule has 0 saturated carbocycles. The Morgan fingerprint density at radius 1 is 0.879 bits per heavy atom. The van der Waals surface area contributed by atoms with Crippen LogP contribution in [-0.4, -0.2) is 35.7 Å². The molecule has 4 rings (SSSR count). The molecule has 1 unspecified atom stereocenters. The van der Waals surface area contributed by atoms with E-state index in [1.165, 1.54) is 19.2 Å². The fraction of sp³-hybridized carbons (Fsp3) is 0.120. The molecule has 1 heterocycles. The highest BCUT2D eigenvalue weighted by molar-refractivity contribution is 6.21. The Balaban J connectivity index is 1.68. The standard InChI is InChI=1S/C25H20N2O6/c1-32-21-13-16(11-12-20(21)33-25(31)15-7-3-2-4-8-15)19(14-22(26)28)27-23(29)17-9-5-6-10-18(17)24(27)30/h2-13,19H,14H2,1H3,(H2,26,28). The second-order valence-electron chi connectivity index (χ2n) is 7.38. The van der Waals surface area contributed by atoms with Gasteiger partial charge in [-0.3, -0.25) is 19.3 Å². The maximum Gasteiger partial charge on any atom is 0.343 e. The van der Waals surface area contributed by atoms with Crippen molar-refractivity contribution in [2.24, 2.45) is 5.73 Å². The molecule has 3 aromatic carbocycles. The summed E-state index contributed by atoms with van der Waals surface area (Å²) in [5.41, 5.74) is 6.75. The molecule has 1 aliphatic heterocycles. The van der Waals surface area contributed by atoms with Gasteiger partial charge in [-0.05, 0) is 42.0 Å². The van der Waals surface area contributed by atoms with Crippen LogP contribution in [0.2, 0.25) is 0 Å². The fourth-order valence-electron chi connectivity index (χ4n) is 3.75. The van der Waals surface area contributed by atoms with Crippen LogP contribution < -0.4 is 15.2 Å². The Morgan fingerprint density at radius 3 is 2.06 bits per heavy atom. The number of hydrogen-bond donors (Lipinski definition) is 1. The molecule has 2 N–H and O–H groups in total. The van der Waals surface area contributed by atoms with E-state index in [1.54, 1.807) is 60.7 Å². The van der Waals surface area contributed by atoms with Gasteiger partial charge < -0.3 is 15.2 Å². The normalized spacial score (nSPS) is 13.4. The molecule has 0 spiro atoms. The van der Waals surface area contributed by atoms with Crippen LogP contribution in [0.4, 0.5) is 0 Å². The fourth-order valence-corrected chi connectivity index (χ4v) is 3.75. The number of ether oxygens (including phenoxy) is 2.